The lowest BCUT2D eigenvalue weighted by atomic mass is 9.95. The van der Waals surface area contributed by atoms with E-state index in [1.165, 1.54) is 0 Å². The molecule has 0 radical (unpaired) electrons. The van der Waals surface area contributed by atoms with Gasteiger partial charge < -0.3 is 10.6 Å². The zero-order valence-electron chi connectivity index (χ0n) is 15.9. The summed E-state index contributed by atoms with van der Waals surface area (Å²) in [5, 5.41) is 5.75. The minimum Gasteiger partial charge on any atom is -0.341 e. The largest absolute Gasteiger partial charge is 0.341 e. The number of rotatable bonds is 6. The second kappa shape index (κ2) is 9.18. The minimum absolute atomic E-state index is 0.171. The Bertz CT molecular complexity index is 648. The van der Waals surface area contributed by atoms with Crippen LogP contribution in [-0.2, 0) is 9.59 Å². The normalized spacial score (nSPS) is 13.3. The lowest BCUT2D eigenvalue weighted by molar-refractivity contribution is -0.140. The molecule has 4 heteroatoms. The van der Waals surface area contributed by atoms with E-state index in [2.05, 4.69) is 10.6 Å². The molecule has 2 amide bonds. The number of carbonyl (C=O) groups is 2. The fourth-order valence-corrected chi connectivity index (χ4v) is 3.00. The van der Waals surface area contributed by atoms with Gasteiger partial charge in [0.2, 0.25) is 0 Å². The van der Waals surface area contributed by atoms with Gasteiger partial charge in [-0.2, -0.15) is 0 Å². The van der Waals surface area contributed by atoms with E-state index in [9.17, 15) is 9.59 Å². The van der Waals surface area contributed by atoms with Gasteiger partial charge in [0.1, 0.15) is 0 Å². The molecule has 26 heavy (non-hydrogen) atoms. The molecule has 0 aliphatic carbocycles. The molecule has 0 aromatic heterocycles. The highest BCUT2D eigenvalue weighted by atomic mass is 16.2. The van der Waals surface area contributed by atoms with Crippen molar-refractivity contribution in [3.63, 3.8) is 0 Å². The molecule has 0 saturated carbocycles. The van der Waals surface area contributed by atoms with E-state index in [1.807, 2.05) is 88.4 Å². The van der Waals surface area contributed by atoms with E-state index in [1.54, 1.807) is 0 Å². The van der Waals surface area contributed by atoms with E-state index >= 15 is 0 Å². The van der Waals surface area contributed by atoms with Gasteiger partial charge in [-0.05, 0) is 23.0 Å². The first kappa shape index (κ1) is 19.7. The maximum atomic E-state index is 12.5. The standard InChI is InChI=1S/C22H28N2O2/c1-15(2)19(17-11-7-5-8-12-17)23-21(25)22(26)24-20(16(3)4)18-13-9-6-10-14-18/h5-16,19-20H,1-4H3,(H,23,25)(H,24,26)/t19-,20-/m1/s1. The molecule has 0 heterocycles. The van der Waals surface area contributed by atoms with E-state index in [4.69, 9.17) is 0 Å². The van der Waals surface area contributed by atoms with Crippen molar-refractivity contribution in [2.75, 3.05) is 0 Å². The van der Waals surface area contributed by atoms with Gasteiger partial charge in [-0.15, -0.1) is 0 Å². The maximum absolute atomic E-state index is 12.5. The van der Waals surface area contributed by atoms with Crippen molar-refractivity contribution in [3.05, 3.63) is 71.8 Å². The Morgan fingerprint density at radius 2 is 0.923 bits per heavy atom. The van der Waals surface area contributed by atoms with Crippen LogP contribution in [0.2, 0.25) is 0 Å². The second-order valence-corrected chi connectivity index (χ2v) is 7.21. The SMILES string of the molecule is CC(C)[C@@H](NC(=O)C(=O)N[C@@H](c1ccccc1)C(C)C)c1ccccc1. The highest BCUT2D eigenvalue weighted by Crippen LogP contribution is 2.23. The molecular weight excluding hydrogens is 324 g/mol. The van der Waals surface area contributed by atoms with Crippen molar-refractivity contribution in [2.24, 2.45) is 11.8 Å². The van der Waals surface area contributed by atoms with Gasteiger partial charge in [-0.3, -0.25) is 9.59 Å². The number of nitrogens with one attached hydrogen (secondary N) is 2. The molecule has 2 atom stereocenters. The van der Waals surface area contributed by atoms with Crippen LogP contribution in [0, 0.1) is 11.8 Å². The van der Waals surface area contributed by atoms with Crippen LogP contribution in [0.4, 0.5) is 0 Å². The zero-order chi connectivity index (χ0) is 19.1. The second-order valence-electron chi connectivity index (χ2n) is 7.21. The minimum atomic E-state index is -0.603. The van der Waals surface area contributed by atoms with Crippen LogP contribution in [0.3, 0.4) is 0 Å². The van der Waals surface area contributed by atoms with E-state index in [0.29, 0.717) is 0 Å². The van der Waals surface area contributed by atoms with Crippen LogP contribution in [0.25, 0.3) is 0 Å². The van der Waals surface area contributed by atoms with Crippen LogP contribution in [0.15, 0.2) is 60.7 Å². The number of carbonyl (C=O) groups excluding carboxylic acids is 2. The summed E-state index contributed by atoms with van der Waals surface area (Å²) < 4.78 is 0. The third-order valence-corrected chi connectivity index (χ3v) is 4.43. The summed E-state index contributed by atoms with van der Waals surface area (Å²) in [7, 11) is 0. The fourth-order valence-electron chi connectivity index (χ4n) is 3.00. The zero-order valence-corrected chi connectivity index (χ0v) is 15.9. The van der Waals surface area contributed by atoms with Gasteiger partial charge in [0.25, 0.3) is 0 Å². The van der Waals surface area contributed by atoms with Crippen molar-refractivity contribution in [1.82, 2.24) is 10.6 Å². The van der Waals surface area contributed by atoms with Crippen molar-refractivity contribution < 1.29 is 9.59 Å². The lowest BCUT2D eigenvalue weighted by Gasteiger charge is -2.25. The van der Waals surface area contributed by atoms with Gasteiger partial charge in [-0.25, -0.2) is 0 Å². The Morgan fingerprint density at radius 3 is 1.19 bits per heavy atom. The first-order valence-corrected chi connectivity index (χ1v) is 9.11. The van der Waals surface area contributed by atoms with Gasteiger partial charge in [-0.1, -0.05) is 88.4 Å². The quantitative estimate of drug-likeness (QED) is 0.772. The number of hydrogen-bond acceptors (Lipinski definition) is 2. The molecule has 2 aromatic carbocycles. The molecule has 0 bridgehead atoms. The summed E-state index contributed by atoms with van der Waals surface area (Å²) in [5.74, 6) is -0.864. The van der Waals surface area contributed by atoms with Crippen molar-refractivity contribution in [3.8, 4) is 0 Å². The molecule has 0 spiro atoms. The van der Waals surface area contributed by atoms with Crippen LogP contribution in [-0.4, -0.2) is 11.8 Å². The Labute approximate surface area is 156 Å². The molecular formula is C22H28N2O2. The Kier molecular flexibility index (Phi) is 6.96. The summed E-state index contributed by atoms with van der Waals surface area (Å²) in [4.78, 5) is 25.0. The topological polar surface area (TPSA) is 58.2 Å². The molecule has 2 rings (SSSR count). The van der Waals surface area contributed by atoms with Crippen molar-refractivity contribution >= 4 is 11.8 Å². The van der Waals surface area contributed by atoms with Gasteiger partial charge in [0.05, 0.1) is 12.1 Å². The molecule has 0 fully saturated rings. The Hall–Kier alpha value is -2.62. The molecule has 0 unspecified atom stereocenters. The third kappa shape index (κ3) is 5.19. The summed E-state index contributed by atoms with van der Waals surface area (Å²) in [6, 6.07) is 19.0. The monoisotopic (exact) mass is 352 g/mol. The van der Waals surface area contributed by atoms with Crippen molar-refractivity contribution in [1.29, 1.82) is 0 Å². The Balaban J connectivity index is 2.09. The molecule has 0 aliphatic rings. The van der Waals surface area contributed by atoms with Crippen LogP contribution < -0.4 is 10.6 Å². The third-order valence-electron chi connectivity index (χ3n) is 4.43. The molecule has 0 saturated heterocycles. The highest BCUT2D eigenvalue weighted by Gasteiger charge is 2.25. The van der Waals surface area contributed by atoms with E-state index < -0.39 is 11.8 Å². The van der Waals surface area contributed by atoms with E-state index in [-0.39, 0.29) is 23.9 Å². The average Bonchev–Trinajstić information content (AvgIpc) is 2.64. The van der Waals surface area contributed by atoms with Crippen LogP contribution >= 0.6 is 0 Å². The lowest BCUT2D eigenvalue weighted by Crippen LogP contribution is -2.44. The summed E-state index contributed by atoms with van der Waals surface area (Å²) >= 11 is 0. The predicted octanol–water partition coefficient (Wildman–Crippen LogP) is 4.01. The summed E-state index contributed by atoms with van der Waals surface area (Å²) in [6.07, 6.45) is 0. The summed E-state index contributed by atoms with van der Waals surface area (Å²) in [6.45, 7) is 8.10. The average molecular weight is 352 g/mol. The first-order chi connectivity index (χ1) is 12.4. The first-order valence-electron chi connectivity index (χ1n) is 9.11. The molecule has 2 aromatic rings. The summed E-state index contributed by atoms with van der Waals surface area (Å²) in [5.41, 5.74) is 1.99. The molecule has 138 valence electrons. The predicted molar refractivity (Wildman–Crippen MR) is 104 cm³/mol. The fraction of sp³-hybridized carbons (Fsp3) is 0.364. The van der Waals surface area contributed by atoms with E-state index in [0.717, 1.165) is 11.1 Å². The number of benzene rings is 2. The van der Waals surface area contributed by atoms with Gasteiger partial charge in [0, 0.05) is 0 Å². The van der Waals surface area contributed by atoms with Crippen LogP contribution in [0.1, 0.15) is 50.9 Å². The number of hydrogen-bond donors (Lipinski definition) is 2. The molecule has 0 aliphatic heterocycles. The highest BCUT2D eigenvalue weighted by molar-refractivity contribution is 6.35. The van der Waals surface area contributed by atoms with Gasteiger partial charge >= 0.3 is 11.8 Å². The van der Waals surface area contributed by atoms with Crippen molar-refractivity contribution in [2.45, 2.75) is 39.8 Å². The smallest absolute Gasteiger partial charge is 0.309 e. The molecule has 4 nitrogen and oxygen atoms in total. The number of amides is 2. The van der Waals surface area contributed by atoms with Gasteiger partial charge in [0.15, 0.2) is 0 Å². The Morgan fingerprint density at radius 1 is 0.615 bits per heavy atom. The maximum Gasteiger partial charge on any atom is 0.309 e. The van der Waals surface area contributed by atoms with Crippen LogP contribution in [0.5, 0.6) is 0 Å². The molecule has 2 N–H and O–H groups in total.